The second-order valence-electron chi connectivity index (χ2n) is 6.45. The molecule has 0 radical (unpaired) electrons. The molecule has 0 unspecified atom stereocenters. The first-order chi connectivity index (χ1) is 6.35. The van der Waals surface area contributed by atoms with E-state index in [9.17, 15) is 0 Å². The Bertz CT molecular complexity index is 231. The van der Waals surface area contributed by atoms with Crippen LogP contribution in [0.1, 0.15) is 41.5 Å². The number of rotatable bonds is 3. The quantitative estimate of drug-likeness (QED) is 0.532. The van der Waals surface area contributed by atoms with Crippen molar-refractivity contribution in [2.24, 2.45) is 0 Å². The lowest BCUT2D eigenvalue weighted by atomic mass is 10.2. The lowest BCUT2D eigenvalue weighted by Crippen LogP contribution is -2.41. The summed E-state index contributed by atoms with van der Waals surface area (Å²) in [5.74, 6) is 0.453. The molecule has 0 saturated carbocycles. The molecule has 0 atom stereocenters. The van der Waals surface area contributed by atoms with Crippen molar-refractivity contribution in [3.63, 3.8) is 0 Å². The Kier molecular flexibility index (Phi) is 4.08. The van der Waals surface area contributed by atoms with Crippen molar-refractivity contribution in [1.82, 2.24) is 0 Å². The average Bonchev–Trinajstić information content (AvgIpc) is 1.75. The molecule has 0 amide bonds. The summed E-state index contributed by atoms with van der Waals surface area (Å²) < 4.78 is 11.5. The maximum atomic E-state index is 5.90. The molecule has 0 aromatic heterocycles. The lowest BCUT2D eigenvalue weighted by Gasteiger charge is -2.37. The summed E-state index contributed by atoms with van der Waals surface area (Å²) in [4.78, 5) is 0. The molecule has 2 nitrogen and oxygen atoms in total. The Morgan fingerprint density at radius 2 is 1.40 bits per heavy atom. The highest BCUT2D eigenvalue weighted by Gasteiger charge is 2.39. The van der Waals surface area contributed by atoms with E-state index in [0.717, 1.165) is 0 Å². The highest BCUT2D eigenvalue weighted by atomic mass is 28.4. The van der Waals surface area contributed by atoms with Gasteiger partial charge in [0.25, 0.3) is 14.3 Å². The third-order valence-corrected chi connectivity index (χ3v) is 6.95. The van der Waals surface area contributed by atoms with Crippen LogP contribution in [0.4, 0.5) is 0 Å². The van der Waals surface area contributed by atoms with Gasteiger partial charge >= 0.3 is 0 Å². The molecule has 0 heterocycles. The first-order valence-corrected chi connectivity index (χ1v) is 8.33. The van der Waals surface area contributed by atoms with E-state index in [0.29, 0.717) is 5.95 Å². The van der Waals surface area contributed by atoms with E-state index in [1.54, 1.807) is 0 Å². The van der Waals surface area contributed by atoms with Crippen LogP contribution in [0.5, 0.6) is 0 Å². The van der Waals surface area contributed by atoms with Crippen molar-refractivity contribution < 1.29 is 9.16 Å². The van der Waals surface area contributed by atoms with Gasteiger partial charge < -0.3 is 9.16 Å². The third-order valence-electron chi connectivity index (χ3n) is 2.60. The minimum atomic E-state index is -1.79. The molecule has 0 fully saturated rings. The van der Waals surface area contributed by atoms with E-state index in [1.165, 1.54) is 0 Å². The van der Waals surface area contributed by atoms with Crippen LogP contribution in [-0.2, 0) is 9.16 Å². The summed E-state index contributed by atoms with van der Waals surface area (Å²) in [5, 5.41) is 0.178. The lowest BCUT2D eigenvalue weighted by molar-refractivity contribution is -0.00870. The van der Waals surface area contributed by atoms with Crippen LogP contribution in [0.2, 0.25) is 18.1 Å². The van der Waals surface area contributed by atoms with Crippen LogP contribution in [0, 0.1) is 0 Å². The monoisotopic (exact) mass is 230 g/mol. The molecule has 0 aliphatic heterocycles. The van der Waals surface area contributed by atoms with Crippen molar-refractivity contribution >= 4 is 8.32 Å². The Morgan fingerprint density at radius 3 is 1.67 bits per heavy atom. The van der Waals surface area contributed by atoms with Crippen molar-refractivity contribution in [3.8, 4) is 0 Å². The van der Waals surface area contributed by atoms with Gasteiger partial charge in [0, 0.05) is 0 Å². The molecule has 0 spiro atoms. The first kappa shape index (κ1) is 14.6. The zero-order valence-electron chi connectivity index (χ0n) is 11.5. The molecular formula is C12H26O2Si. The molecule has 0 saturated heterocycles. The number of hydrogen-bond donors (Lipinski definition) is 0. The fourth-order valence-corrected chi connectivity index (χ4v) is 1.72. The zero-order chi connectivity index (χ0) is 12.5. The van der Waals surface area contributed by atoms with Crippen molar-refractivity contribution in [2.75, 3.05) is 0 Å². The molecule has 0 aliphatic rings. The summed E-state index contributed by atoms with van der Waals surface area (Å²) in [5.41, 5.74) is -0.237. The molecule has 3 heteroatoms. The molecule has 0 aromatic rings. The highest BCUT2D eigenvalue weighted by Crippen LogP contribution is 2.38. The van der Waals surface area contributed by atoms with Gasteiger partial charge in [-0.3, -0.25) is 0 Å². The molecule has 0 aromatic carbocycles. The fraction of sp³-hybridized carbons (Fsp3) is 0.833. The predicted molar refractivity (Wildman–Crippen MR) is 68.3 cm³/mol. The standard InChI is InChI=1S/C12H26O2Si/c1-10(13-11(2,3)4)14-15(8,9)12(5,6)7/h1H2,2-9H3. The summed E-state index contributed by atoms with van der Waals surface area (Å²) in [6.07, 6.45) is 0. The van der Waals surface area contributed by atoms with Crippen LogP contribution in [0.3, 0.4) is 0 Å². The topological polar surface area (TPSA) is 18.5 Å². The van der Waals surface area contributed by atoms with Crippen LogP contribution in [0.15, 0.2) is 12.5 Å². The average molecular weight is 230 g/mol. The van der Waals surface area contributed by atoms with Crippen LogP contribution < -0.4 is 0 Å². The Labute approximate surface area is 95.8 Å². The Morgan fingerprint density at radius 1 is 1.00 bits per heavy atom. The van der Waals surface area contributed by atoms with Crippen LogP contribution in [0.25, 0.3) is 0 Å². The van der Waals surface area contributed by atoms with Gasteiger partial charge in [-0.1, -0.05) is 20.8 Å². The molecule has 0 aliphatic carbocycles. The van der Waals surface area contributed by atoms with Crippen LogP contribution in [-0.4, -0.2) is 13.9 Å². The SMILES string of the molecule is C=C(OC(C)(C)C)O[Si](C)(C)C(C)(C)C. The van der Waals surface area contributed by atoms with Crippen molar-refractivity contribution in [3.05, 3.63) is 12.5 Å². The van der Waals surface area contributed by atoms with E-state index in [-0.39, 0.29) is 10.6 Å². The molecule has 15 heavy (non-hydrogen) atoms. The second kappa shape index (κ2) is 4.20. The van der Waals surface area contributed by atoms with E-state index < -0.39 is 8.32 Å². The fourth-order valence-electron chi connectivity index (χ4n) is 0.800. The van der Waals surface area contributed by atoms with E-state index >= 15 is 0 Å². The molecule has 0 rings (SSSR count). The first-order valence-electron chi connectivity index (χ1n) is 5.42. The van der Waals surface area contributed by atoms with Gasteiger partial charge in [-0.15, -0.1) is 0 Å². The Balaban J connectivity index is 4.43. The van der Waals surface area contributed by atoms with Crippen LogP contribution >= 0.6 is 0 Å². The van der Waals surface area contributed by atoms with E-state index in [2.05, 4.69) is 40.4 Å². The molecule has 90 valence electrons. The normalized spacial score (nSPS) is 13.6. The number of ether oxygens (including phenoxy) is 1. The van der Waals surface area contributed by atoms with Gasteiger partial charge in [0.2, 0.25) is 0 Å². The summed E-state index contributed by atoms with van der Waals surface area (Å²) in [6.45, 7) is 20.8. The summed E-state index contributed by atoms with van der Waals surface area (Å²) in [7, 11) is -1.79. The molecule has 0 bridgehead atoms. The Hall–Kier alpha value is -0.443. The molecular weight excluding hydrogens is 204 g/mol. The van der Waals surface area contributed by atoms with Gasteiger partial charge in [-0.25, -0.2) is 0 Å². The summed E-state index contributed by atoms with van der Waals surface area (Å²) in [6, 6.07) is 0. The number of hydrogen-bond acceptors (Lipinski definition) is 2. The van der Waals surface area contributed by atoms with Gasteiger partial charge in [0.1, 0.15) is 5.60 Å². The van der Waals surface area contributed by atoms with Gasteiger partial charge in [-0.05, 0) is 45.5 Å². The predicted octanol–water partition coefficient (Wildman–Crippen LogP) is 4.29. The minimum Gasteiger partial charge on any atom is -0.519 e. The van der Waals surface area contributed by atoms with E-state index in [1.807, 2.05) is 20.8 Å². The maximum Gasteiger partial charge on any atom is 0.258 e. The minimum absolute atomic E-state index is 0.178. The maximum absolute atomic E-state index is 5.90. The van der Waals surface area contributed by atoms with E-state index in [4.69, 9.17) is 9.16 Å². The smallest absolute Gasteiger partial charge is 0.258 e. The van der Waals surface area contributed by atoms with Gasteiger partial charge in [0.15, 0.2) is 0 Å². The van der Waals surface area contributed by atoms with Crippen molar-refractivity contribution in [1.29, 1.82) is 0 Å². The zero-order valence-corrected chi connectivity index (χ0v) is 12.5. The summed E-state index contributed by atoms with van der Waals surface area (Å²) >= 11 is 0. The van der Waals surface area contributed by atoms with Crippen molar-refractivity contribution in [2.45, 2.75) is 65.3 Å². The van der Waals surface area contributed by atoms with Gasteiger partial charge in [-0.2, -0.15) is 0 Å². The largest absolute Gasteiger partial charge is 0.519 e. The second-order valence-corrected chi connectivity index (χ2v) is 11.2. The highest BCUT2D eigenvalue weighted by molar-refractivity contribution is 6.74. The molecule has 0 N–H and O–H groups in total. The van der Waals surface area contributed by atoms with Gasteiger partial charge in [0.05, 0.1) is 0 Å². The third kappa shape index (κ3) is 5.26.